The summed E-state index contributed by atoms with van der Waals surface area (Å²) in [6.07, 6.45) is 0.701. The highest BCUT2D eigenvalue weighted by molar-refractivity contribution is 5.26. The Balaban J connectivity index is 2.46. The Bertz CT molecular complexity index is 455. The second-order valence-corrected chi connectivity index (χ2v) is 3.45. The van der Waals surface area contributed by atoms with Gasteiger partial charge in [0.2, 0.25) is 0 Å². The molecule has 0 fully saturated rings. The van der Waals surface area contributed by atoms with E-state index in [0.717, 1.165) is 23.2 Å². The maximum atomic E-state index is 5.51. The fourth-order valence-corrected chi connectivity index (χ4v) is 1.51. The summed E-state index contributed by atoms with van der Waals surface area (Å²) in [6, 6.07) is 1.95. The number of rotatable bonds is 3. The van der Waals surface area contributed by atoms with Crippen LogP contribution in [-0.2, 0) is 6.42 Å². The van der Waals surface area contributed by atoms with Gasteiger partial charge in [0.25, 0.3) is 0 Å². The van der Waals surface area contributed by atoms with Gasteiger partial charge in [0, 0.05) is 18.2 Å². The average Bonchev–Trinajstić information content (AvgIpc) is 2.74. The van der Waals surface area contributed by atoms with Crippen LogP contribution in [0.4, 0.5) is 0 Å². The maximum Gasteiger partial charge on any atom is 0.161 e. The Labute approximate surface area is 87.5 Å². The molecule has 0 aliphatic heterocycles. The molecule has 2 heterocycles. The van der Waals surface area contributed by atoms with Gasteiger partial charge in [-0.25, -0.2) is 0 Å². The van der Waals surface area contributed by atoms with E-state index >= 15 is 0 Å². The minimum Gasteiger partial charge on any atom is -0.330 e. The van der Waals surface area contributed by atoms with Crippen molar-refractivity contribution in [3.05, 3.63) is 23.4 Å². The minimum atomic E-state index is 0.557. The number of aromatic amines is 1. The van der Waals surface area contributed by atoms with Gasteiger partial charge in [0.05, 0.1) is 0 Å². The minimum absolute atomic E-state index is 0.557. The molecular weight excluding hydrogens is 192 g/mol. The molecule has 6 heteroatoms. The van der Waals surface area contributed by atoms with Crippen LogP contribution in [0.25, 0.3) is 5.82 Å². The molecule has 3 N–H and O–H groups in total. The molecule has 0 aliphatic carbocycles. The van der Waals surface area contributed by atoms with E-state index in [9.17, 15) is 0 Å². The lowest BCUT2D eigenvalue weighted by Crippen LogP contribution is -2.10. The molecule has 15 heavy (non-hydrogen) atoms. The van der Waals surface area contributed by atoms with E-state index in [2.05, 4.69) is 20.4 Å². The fraction of sp³-hybridized carbons (Fsp3) is 0.444. The van der Waals surface area contributed by atoms with Crippen LogP contribution in [-0.4, -0.2) is 31.5 Å². The Morgan fingerprint density at radius 3 is 2.80 bits per heavy atom. The zero-order chi connectivity index (χ0) is 10.8. The van der Waals surface area contributed by atoms with Crippen LogP contribution in [0.3, 0.4) is 0 Å². The Morgan fingerprint density at radius 1 is 1.40 bits per heavy atom. The molecule has 0 radical (unpaired) electrons. The van der Waals surface area contributed by atoms with Crippen molar-refractivity contribution in [1.29, 1.82) is 0 Å². The van der Waals surface area contributed by atoms with E-state index in [1.165, 1.54) is 0 Å². The van der Waals surface area contributed by atoms with Crippen LogP contribution < -0.4 is 5.73 Å². The first kappa shape index (κ1) is 9.85. The lowest BCUT2D eigenvalue weighted by molar-refractivity contribution is 0.805. The molecule has 0 spiro atoms. The maximum absolute atomic E-state index is 5.51. The first-order chi connectivity index (χ1) is 7.22. The molecule has 0 aromatic carbocycles. The average molecular weight is 206 g/mol. The van der Waals surface area contributed by atoms with Gasteiger partial charge in [-0.1, -0.05) is 0 Å². The lowest BCUT2D eigenvalue weighted by Gasteiger charge is -2.02. The largest absolute Gasteiger partial charge is 0.330 e. The van der Waals surface area contributed by atoms with Gasteiger partial charge in [-0.3, -0.25) is 9.67 Å². The van der Waals surface area contributed by atoms with Crippen molar-refractivity contribution in [2.75, 3.05) is 6.54 Å². The second kappa shape index (κ2) is 3.82. The van der Waals surface area contributed by atoms with E-state index in [0.29, 0.717) is 13.0 Å². The first-order valence-corrected chi connectivity index (χ1v) is 4.85. The fourth-order valence-electron chi connectivity index (χ4n) is 1.51. The van der Waals surface area contributed by atoms with E-state index < -0.39 is 0 Å². The zero-order valence-corrected chi connectivity index (χ0v) is 8.86. The molecule has 6 nitrogen and oxygen atoms in total. The Kier molecular flexibility index (Phi) is 2.51. The number of aryl methyl sites for hydroxylation is 2. The summed E-state index contributed by atoms with van der Waals surface area (Å²) in [5, 5.41) is 15.2. The summed E-state index contributed by atoms with van der Waals surface area (Å²) in [7, 11) is 0. The summed E-state index contributed by atoms with van der Waals surface area (Å²) in [5.41, 5.74) is 6.52. The smallest absolute Gasteiger partial charge is 0.161 e. The summed E-state index contributed by atoms with van der Waals surface area (Å²) >= 11 is 0. The molecule has 0 saturated carbocycles. The summed E-state index contributed by atoms with van der Waals surface area (Å²) in [5.74, 6) is 2.49. The highest BCUT2D eigenvalue weighted by atomic mass is 15.3. The van der Waals surface area contributed by atoms with Crippen LogP contribution in [0, 0.1) is 13.8 Å². The number of nitrogens with zero attached hydrogens (tertiary/aromatic N) is 4. The zero-order valence-electron chi connectivity index (χ0n) is 8.86. The highest BCUT2D eigenvalue weighted by Gasteiger charge is 2.11. The van der Waals surface area contributed by atoms with Gasteiger partial charge < -0.3 is 5.73 Å². The second-order valence-electron chi connectivity index (χ2n) is 3.45. The topological polar surface area (TPSA) is 85.4 Å². The molecule has 0 amide bonds. The molecule has 2 aromatic heterocycles. The standard InChI is InChI=1S/C9H14N6/c1-6-5-9(14-11-6)15-7(2)12-13-8(15)3-4-10/h5H,3-4,10H2,1-2H3,(H,11,14). The number of nitrogens with one attached hydrogen (secondary N) is 1. The van der Waals surface area contributed by atoms with Crippen molar-refractivity contribution in [2.24, 2.45) is 5.73 Å². The third-order valence-corrected chi connectivity index (χ3v) is 2.18. The first-order valence-electron chi connectivity index (χ1n) is 4.85. The summed E-state index contributed by atoms with van der Waals surface area (Å²) in [4.78, 5) is 0. The number of hydrogen-bond donors (Lipinski definition) is 2. The molecule has 2 aromatic rings. The van der Waals surface area contributed by atoms with Crippen LogP contribution in [0.1, 0.15) is 17.3 Å². The Hall–Kier alpha value is -1.69. The van der Waals surface area contributed by atoms with Crippen molar-refractivity contribution < 1.29 is 0 Å². The van der Waals surface area contributed by atoms with E-state index in [-0.39, 0.29) is 0 Å². The molecule has 0 saturated heterocycles. The molecular formula is C9H14N6. The van der Waals surface area contributed by atoms with E-state index in [1.807, 2.05) is 24.5 Å². The molecule has 80 valence electrons. The Morgan fingerprint density at radius 2 is 2.20 bits per heavy atom. The van der Waals surface area contributed by atoms with Crippen molar-refractivity contribution >= 4 is 0 Å². The van der Waals surface area contributed by atoms with Crippen LogP contribution in [0.5, 0.6) is 0 Å². The lowest BCUT2D eigenvalue weighted by atomic mass is 10.4. The highest BCUT2D eigenvalue weighted by Crippen LogP contribution is 2.11. The van der Waals surface area contributed by atoms with Crippen LogP contribution in [0.15, 0.2) is 6.07 Å². The van der Waals surface area contributed by atoms with Gasteiger partial charge in [-0.05, 0) is 20.4 Å². The van der Waals surface area contributed by atoms with Gasteiger partial charge in [-0.2, -0.15) is 5.10 Å². The van der Waals surface area contributed by atoms with E-state index in [4.69, 9.17) is 5.73 Å². The van der Waals surface area contributed by atoms with Gasteiger partial charge in [-0.15, -0.1) is 10.2 Å². The normalized spacial score (nSPS) is 10.9. The molecule has 0 atom stereocenters. The molecule has 0 bridgehead atoms. The third kappa shape index (κ3) is 1.75. The SMILES string of the molecule is Cc1cc(-n2c(C)nnc2CCN)n[nH]1. The quantitative estimate of drug-likeness (QED) is 0.746. The summed E-state index contributed by atoms with van der Waals surface area (Å²) < 4.78 is 1.91. The predicted molar refractivity (Wildman–Crippen MR) is 55.7 cm³/mol. The van der Waals surface area contributed by atoms with Gasteiger partial charge in [0.1, 0.15) is 11.6 Å². The predicted octanol–water partition coefficient (Wildman–Crippen LogP) is 0.108. The van der Waals surface area contributed by atoms with Gasteiger partial charge >= 0.3 is 0 Å². The molecule has 0 unspecified atom stereocenters. The number of hydrogen-bond acceptors (Lipinski definition) is 4. The van der Waals surface area contributed by atoms with Crippen LogP contribution in [0.2, 0.25) is 0 Å². The monoisotopic (exact) mass is 206 g/mol. The van der Waals surface area contributed by atoms with Crippen molar-refractivity contribution in [2.45, 2.75) is 20.3 Å². The van der Waals surface area contributed by atoms with E-state index in [1.54, 1.807) is 0 Å². The summed E-state index contributed by atoms with van der Waals surface area (Å²) in [6.45, 7) is 4.41. The van der Waals surface area contributed by atoms with Crippen molar-refractivity contribution in [3.63, 3.8) is 0 Å². The van der Waals surface area contributed by atoms with Gasteiger partial charge in [0.15, 0.2) is 5.82 Å². The molecule has 0 aliphatic rings. The van der Waals surface area contributed by atoms with Crippen LogP contribution >= 0.6 is 0 Å². The van der Waals surface area contributed by atoms with Crippen molar-refractivity contribution in [1.82, 2.24) is 25.0 Å². The molecule has 2 rings (SSSR count). The number of H-pyrrole nitrogens is 1. The number of aromatic nitrogens is 5. The number of nitrogens with two attached hydrogens (primary N) is 1. The van der Waals surface area contributed by atoms with Crippen molar-refractivity contribution in [3.8, 4) is 5.82 Å². The third-order valence-electron chi connectivity index (χ3n) is 2.18.